The van der Waals surface area contributed by atoms with Gasteiger partial charge in [-0.15, -0.1) is 0 Å². The summed E-state index contributed by atoms with van der Waals surface area (Å²) in [6.45, 7) is 5.22. The second kappa shape index (κ2) is 7.05. The van der Waals surface area contributed by atoms with Crippen molar-refractivity contribution in [3.63, 3.8) is 0 Å². The molecule has 0 radical (unpaired) electrons. The monoisotopic (exact) mass is 254 g/mol. The van der Waals surface area contributed by atoms with E-state index in [1.807, 2.05) is 18.3 Å². The molecule has 1 N–H and O–H groups in total. The van der Waals surface area contributed by atoms with Crippen LogP contribution in [0.3, 0.4) is 0 Å². The highest BCUT2D eigenvalue weighted by molar-refractivity contribution is 5.22. The van der Waals surface area contributed by atoms with Crippen LogP contribution in [-0.2, 0) is 13.0 Å². The van der Waals surface area contributed by atoms with E-state index in [4.69, 9.17) is 0 Å². The van der Waals surface area contributed by atoms with Crippen LogP contribution in [0.5, 0.6) is 0 Å². The van der Waals surface area contributed by atoms with E-state index in [0.29, 0.717) is 6.04 Å². The SMILES string of the molecule is Cc1cccc(CCC(C)NCc2ccccn2)c1. The Morgan fingerprint density at radius 3 is 2.79 bits per heavy atom. The molecule has 0 aliphatic rings. The molecule has 0 bridgehead atoms. The molecule has 2 nitrogen and oxygen atoms in total. The first-order chi connectivity index (χ1) is 9.24. The zero-order chi connectivity index (χ0) is 13.5. The highest BCUT2D eigenvalue weighted by atomic mass is 14.9. The van der Waals surface area contributed by atoms with Crippen molar-refractivity contribution in [2.24, 2.45) is 0 Å². The van der Waals surface area contributed by atoms with Crippen molar-refractivity contribution < 1.29 is 0 Å². The first-order valence-electron chi connectivity index (χ1n) is 6.93. The summed E-state index contributed by atoms with van der Waals surface area (Å²) < 4.78 is 0. The molecular formula is C17H22N2. The van der Waals surface area contributed by atoms with Crippen molar-refractivity contribution in [2.75, 3.05) is 0 Å². The van der Waals surface area contributed by atoms with Crippen molar-refractivity contribution in [3.8, 4) is 0 Å². The molecule has 1 unspecified atom stereocenters. The Bertz CT molecular complexity index is 494. The second-order valence-corrected chi connectivity index (χ2v) is 5.13. The maximum absolute atomic E-state index is 4.32. The summed E-state index contributed by atoms with van der Waals surface area (Å²) in [4.78, 5) is 4.32. The molecule has 0 amide bonds. The first kappa shape index (κ1) is 13.8. The summed E-state index contributed by atoms with van der Waals surface area (Å²) >= 11 is 0. The number of nitrogens with zero attached hydrogens (tertiary/aromatic N) is 1. The van der Waals surface area contributed by atoms with E-state index in [0.717, 1.165) is 25.1 Å². The largest absolute Gasteiger partial charge is 0.309 e. The van der Waals surface area contributed by atoms with E-state index in [1.54, 1.807) is 0 Å². The molecule has 0 fully saturated rings. The summed E-state index contributed by atoms with van der Waals surface area (Å²) in [5.74, 6) is 0. The third-order valence-corrected chi connectivity index (χ3v) is 3.31. The standard InChI is InChI=1S/C17H22N2/c1-14-6-5-7-16(12-14)10-9-15(2)19-13-17-8-3-4-11-18-17/h3-8,11-12,15,19H,9-10,13H2,1-2H3. The Balaban J connectivity index is 1.74. The van der Waals surface area contributed by atoms with Crippen LogP contribution in [0.15, 0.2) is 48.7 Å². The maximum atomic E-state index is 4.32. The molecule has 0 saturated heterocycles. The number of rotatable bonds is 6. The molecular weight excluding hydrogens is 232 g/mol. The summed E-state index contributed by atoms with van der Waals surface area (Å²) in [5, 5.41) is 3.52. The fourth-order valence-electron chi connectivity index (χ4n) is 2.13. The quantitative estimate of drug-likeness (QED) is 0.853. The normalized spacial score (nSPS) is 12.3. The first-order valence-corrected chi connectivity index (χ1v) is 6.93. The third kappa shape index (κ3) is 4.84. The highest BCUT2D eigenvalue weighted by Crippen LogP contribution is 2.08. The summed E-state index contributed by atoms with van der Waals surface area (Å²) in [7, 11) is 0. The number of benzene rings is 1. The van der Waals surface area contributed by atoms with Crippen molar-refractivity contribution in [1.82, 2.24) is 10.3 Å². The van der Waals surface area contributed by atoms with Crippen molar-refractivity contribution in [3.05, 3.63) is 65.5 Å². The van der Waals surface area contributed by atoms with Gasteiger partial charge < -0.3 is 5.32 Å². The molecule has 0 spiro atoms. The van der Waals surface area contributed by atoms with E-state index in [-0.39, 0.29) is 0 Å². The molecule has 0 aliphatic carbocycles. The predicted octanol–water partition coefficient (Wildman–Crippen LogP) is 3.50. The van der Waals surface area contributed by atoms with Crippen LogP contribution in [0.1, 0.15) is 30.2 Å². The average Bonchev–Trinajstić information content (AvgIpc) is 2.44. The van der Waals surface area contributed by atoms with Crippen LogP contribution < -0.4 is 5.32 Å². The van der Waals surface area contributed by atoms with Gasteiger partial charge in [0.1, 0.15) is 0 Å². The van der Waals surface area contributed by atoms with Gasteiger partial charge in [-0.05, 0) is 44.4 Å². The van der Waals surface area contributed by atoms with Crippen LogP contribution in [0, 0.1) is 6.92 Å². The lowest BCUT2D eigenvalue weighted by Gasteiger charge is -2.13. The molecule has 2 heteroatoms. The number of hydrogen-bond acceptors (Lipinski definition) is 2. The Morgan fingerprint density at radius 1 is 1.16 bits per heavy atom. The average molecular weight is 254 g/mol. The lowest BCUT2D eigenvalue weighted by Crippen LogP contribution is -2.26. The van der Waals surface area contributed by atoms with Gasteiger partial charge in [0.2, 0.25) is 0 Å². The zero-order valence-electron chi connectivity index (χ0n) is 11.8. The van der Waals surface area contributed by atoms with Crippen LogP contribution in [0.2, 0.25) is 0 Å². The van der Waals surface area contributed by atoms with E-state index in [9.17, 15) is 0 Å². The summed E-state index contributed by atoms with van der Waals surface area (Å²) in [5.41, 5.74) is 3.86. The van der Waals surface area contributed by atoms with Gasteiger partial charge in [0, 0.05) is 18.8 Å². The molecule has 1 atom stereocenters. The Kier molecular flexibility index (Phi) is 5.10. The zero-order valence-corrected chi connectivity index (χ0v) is 11.8. The summed E-state index contributed by atoms with van der Waals surface area (Å²) in [6.07, 6.45) is 4.11. The Morgan fingerprint density at radius 2 is 2.05 bits per heavy atom. The van der Waals surface area contributed by atoms with E-state index in [1.165, 1.54) is 11.1 Å². The highest BCUT2D eigenvalue weighted by Gasteiger charge is 2.03. The number of aromatic nitrogens is 1. The molecule has 2 aromatic rings. The van der Waals surface area contributed by atoms with Gasteiger partial charge in [0.05, 0.1) is 5.69 Å². The number of hydrogen-bond donors (Lipinski definition) is 1. The topological polar surface area (TPSA) is 24.9 Å². The third-order valence-electron chi connectivity index (χ3n) is 3.31. The minimum Gasteiger partial charge on any atom is -0.309 e. The smallest absolute Gasteiger partial charge is 0.0541 e. The molecule has 100 valence electrons. The molecule has 2 rings (SSSR count). The van der Waals surface area contributed by atoms with Gasteiger partial charge in [-0.1, -0.05) is 35.9 Å². The lowest BCUT2D eigenvalue weighted by molar-refractivity contribution is 0.510. The van der Waals surface area contributed by atoms with E-state index in [2.05, 4.69) is 54.5 Å². The molecule has 0 saturated carbocycles. The molecule has 0 aliphatic heterocycles. The Labute approximate surface area is 115 Å². The second-order valence-electron chi connectivity index (χ2n) is 5.13. The van der Waals surface area contributed by atoms with Crippen molar-refractivity contribution in [1.29, 1.82) is 0 Å². The van der Waals surface area contributed by atoms with Crippen LogP contribution >= 0.6 is 0 Å². The maximum Gasteiger partial charge on any atom is 0.0541 e. The van der Waals surface area contributed by atoms with Gasteiger partial charge in [-0.2, -0.15) is 0 Å². The van der Waals surface area contributed by atoms with Crippen LogP contribution in [0.25, 0.3) is 0 Å². The number of pyridine rings is 1. The minimum absolute atomic E-state index is 0.502. The fourth-order valence-corrected chi connectivity index (χ4v) is 2.13. The van der Waals surface area contributed by atoms with Crippen molar-refractivity contribution in [2.45, 2.75) is 39.3 Å². The van der Waals surface area contributed by atoms with Gasteiger partial charge >= 0.3 is 0 Å². The molecule has 1 aromatic heterocycles. The minimum atomic E-state index is 0.502. The lowest BCUT2D eigenvalue weighted by atomic mass is 10.0. The van der Waals surface area contributed by atoms with Crippen molar-refractivity contribution >= 4 is 0 Å². The Hall–Kier alpha value is -1.67. The predicted molar refractivity (Wildman–Crippen MR) is 80.0 cm³/mol. The van der Waals surface area contributed by atoms with Gasteiger partial charge in [0.15, 0.2) is 0 Å². The van der Waals surface area contributed by atoms with Gasteiger partial charge in [-0.25, -0.2) is 0 Å². The van der Waals surface area contributed by atoms with Gasteiger partial charge in [-0.3, -0.25) is 4.98 Å². The molecule has 1 aromatic carbocycles. The van der Waals surface area contributed by atoms with Crippen LogP contribution in [0.4, 0.5) is 0 Å². The summed E-state index contributed by atoms with van der Waals surface area (Å²) in [6, 6.07) is 15.3. The molecule has 19 heavy (non-hydrogen) atoms. The molecule has 1 heterocycles. The number of aryl methyl sites for hydroxylation is 2. The number of nitrogens with one attached hydrogen (secondary N) is 1. The van der Waals surface area contributed by atoms with E-state index >= 15 is 0 Å². The van der Waals surface area contributed by atoms with Gasteiger partial charge in [0.25, 0.3) is 0 Å². The fraction of sp³-hybridized carbons (Fsp3) is 0.353. The van der Waals surface area contributed by atoms with Crippen LogP contribution in [-0.4, -0.2) is 11.0 Å². The van der Waals surface area contributed by atoms with E-state index < -0.39 is 0 Å².